The van der Waals surface area contributed by atoms with Gasteiger partial charge in [-0.15, -0.1) is 11.3 Å². The monoisotopic (exact) mass is 773 g/mol. The quantitative estimate of drug-likeness (QED) is 0.301. The number of alkyl carbamates (subject to hydrolysis) is 1. The van der Waals surface area contributed by atoms with E-state index in [0.717, 1.165) is 48.6 Å². The molecule has 5 aliphatic rings. The molecule has 1 saturated heterocycles. The molecule has 4 fully saturated rings. The molecule has 4 N–H and O–H groups in total. The predicted molar refractivity (Wildman–Crippen MR) is 195 cm³/mol. The summed E-state index contributed by atoms with van der Waals surface area (Å²) in [6.07, 6.45) is 10.7. The van der Waals surface area contributed by atoms with Crippen LogP contribution in [0, 0.1) is 5.92 Å². The van der Waals surface area contributed by atoms with Crippen LogP contribution < -0.4 is 20.7 Å². The molecule has 16 heteroatoms. The van der Waals surface area contributed by atoms with Crippen molar-refractivity contribution < 1.29 is 37.1 Å². The molecule has 2 aromatic rings. The van der Waals surface area contributed by atoms with E-state index < -0.39 is 74.6 Å². The second-order valence-electron chi connectivity index (χ2n) is 14.7. The summed E-state index contributed by atoms with van der Waals surface area (Å²) in [5, 5.41) is 8.99. The molecule has 0 spiro atoms. The fourth-order valence-corrected chi connectivity index (χ4v) is 10.4. The fraction of sp³-hybridized carbons (Fsp3) is 0.583. The molecule has 5 amide bonds. The Morgan fingerprint density at radius 2 is 1.73 bits per heavy atom. The summed E-state index contributed by atoms with van der Waals surface area (Å²) >= 11 is 7.84. The average Bonchev–Trinajstić information content (AvgIpc) is 3.94. The number of hydrogen-bond acceptors (Lipinski definition) is 9. The number of sulfonamides is 1. The molecular weight excluding hydrogens is 730 g/mol. The first-order chi connectivity index (χ1) is 24.9. The highest BCUT2D eigenvalue weighted by Crippen LogP contribution is 2.46. The van der Waals surface area contributed by atoms with E-state index >= 15 is 0 Å². The van der Waals surface area contributed by atoms with Crippen LogP contribution in [0.1, 0.15) is 93.1 Å². The lowest BCUT2D eigenvalue weighted by molar-refractivity contribution is -0.141. The van der Waals surface area contributed by atoms with Gasteiger partial charge in [-0.2, -0.15) is 0 Å². The molecule has 0 bridgehead atoms. The molecule has 0 radical (unpaired) electrons. The van der Waals surface area contributed by atoms with E-state index in [0.29, 0.717) is 42.0 Å². The van der Waals surface area contributed by atoms with Gasteiger partial charge in [0.1, 0.15) is 28.6 Å². The molecule has 280 valence electrons. The van der Waals surface area contributed by atoms with Crippen molar-refractivity contribution in [3.8, 4) is 0 Å². The van der Waals surface area contributed by atoms with Crippen molar-refractivity contribution in [2.45, 2.75) is 118 Å². The lowest BCUT2D eigenvalue weighted by Gasteiger charge is -2.30. The first kappa shape index (κ1) is 36.7. The lowest BCUT2D eigenvalue weighted by atomic mass is 10.0. The van der Waals surface area contributed by atoms with Gasteiger partial charge < -0.3 is 25.6 Å². The maximum Gasteiger partial charge on any atom is 0.408 e. The summed E-state index contributed by atoms with van der Waals surface area (Å²) in [5.74, 6) is -2.85. The van der Waals surface area contributed by atoms with Crippen molar-refractivity contribution in [1.82, 2.24) is 25.6 Å². The van der Waals surface area contributed by atoms with E-state index in [-0.39, 0.29) is 25.5 Å². The normalized spacial score (nSPS) is 28.6. The number of amides is 5. The first-order valence-corrected chi connectivity index (χ1v) is 21.0. The third kappa shape index (κ3) is 7.81. The Kier molecular flexibility index (Phi) is 10.6. The summed E-state index contributed by atoms with van der Waals surface area (Å²) in [6, 6.07) is 4.58. The molecule has 3 aliphatic carbocycles. The van der Waals surface area contributed by atoms with Gasteiger partial charge in [-0.1, -0.05) is 54.8 Å². The Bertz CT molecular complexity index is 1890. The lowest BCUT2D eigenvalue weighted by Crippen LogP contribution is -2.58. The van der Waals surface area contributed by atoms with Crippen LogP contribution in [-0.4, -0.2) is 84.6 Å². The van der Waals surface area contributed by atoms with Crippen LogP contribution in [0.2, 0.25) is 5.02 Å². The third-order valence-corrected chi connectivity index (χ3v) is 14.3. The highest BCUT2D eigenvalue weighted by molar-refractivity contribution is 7.91. The van der Waals surface area contributed by atoms with Gasteiger partial charge in [0.05, 0.1) is 10.3 Å². The summed E-state index contributed by atoms with van der Waals surface area (Å²) in [5.41, 5.74) is -1.51. The standard InChI is InChI=1S/C36H44ClN5O8S2/c37-29-25-13-8-9-15-28(25)51-30(29)32(44)38-22-18-27-31(43)40-36(34(46)41-52(48,49)24-16-17-24)19-21(36)10-4-2-1-3-5-14-26(33(45)42(27)20-22)39-35(47)50-23-11-6-7-12-23/h4,8-10,13,15,21-24,26-27H,1-3,5-7,11-12,14,16-20H2,(H,38,44)(H,39,47)(H,40,43)(H,41,46)/t21-,22-,26+,27+,36-/m1/s1. The van der Waals surface area contributed by atoms with Gasteiger partial charge in [-0.05, 0) is 76.7 Å². The van der Waals surface area contributed by atoms with Crippen molar-refractivity contribution in [3.05, 3.63) is 46.3 Å². The average molecular weight is 774 g/mol. The van der Waals surface area contributed by atoms with Crippen LogP contribution >= 0.6 is 22.9 Å². The zero-order valence-corrected chi connectivity index (χ0v) is 31.1. The molecule has 7 rings (SSSR count). The largest absolute Gasteiger partial charge is 0.446 e. The van der Waals surface area contributed by atoms with E-state index in [1.165, 1.54) is 16.2 Å². The van der Waals surface area contributed by atoms with Crippen LogP contribution in [0.4, 0.5) is 4.79 Å². The van der Waals surface area contributed by atoms with Crippen molar-refractivity contribution in [3.63, 3.8) is 0 Å². The van der Waals surface area contributed by atoms with Crippen LogP contribution in [0.3, 0.4) is 0 Å². The predicted octanol–water partition coefficient (Wildman–Crippen LogP) is 4.30. The van der Waals surface area contributed by atoms with E-state index in [2.05, 4.69) is 20.7 Å². The van der Waals surface area contributed by atoms with Crippen LogP contribution in [0.5, 0.6) is 0 Å². The number of carbonyl (C=O) groups excluding carboxylic acids is 5. The van der Waals surface area contributed by atoms with E-state index in [4.69, 9.17) is 16.3 Å². The molecule has 1 aromatic carbocycles. The molecule has 1 aromatic heterocycles. The second kappa shape index (κ2) is 15.0. The number of rotatable bonds is 7. The molecular formula is C36H44ClN5O8S2. The minimum absolute atomic E-state index is 0.0175. The molecule has 13 nitrogen and oxygen atoms in total. The van der Waals surface area contributed by atoms with Crippen molar-refractivity contribution in [2.24, 2.45) is 5.92 Å². The van der Waals surface area contributed by atoms with Gasteiger partial charge in [0.25, 0.3) is 11.8 Å². The molecule has 52 heavy (non-hydrogen) atoms. The highest BCUT2D eigenvalue weighted by Gasteiger charge is 2.62. The second-order valence-corrected chi connectivity index (χ2v) is 18.1. The Hall–Kier alpha value is -3.69. The number of hydrogen-bond donors (Lipinski definition) is 4. The van der Waals surface area contributed by atoms with Gasteiger partial charge >= 0.3 is 6.09 Å². The van der Waals surface area contributed by atoms with Crippen LogP contribution in [-0.2, 0) is 29.1 Å². The molecule has 3 saturated carbocycles. The maximum atomic E-state index is 14.4. The van der Waals surface area contributed by atoms with Gasteiger partial charge in [0.2, 0.25) is 21.8 Å². The Labute approximate surface area is 311 Å². The third-order valence-electron chi connectivity index (χ3n) is 10.8. The van der Waals surface area contributed by atoms with Gasteiger partial charge in [0.15, 0.2) is 0 Å². The SMILES string of the molecule is O=C(N[C@H]1CCCCCC=C[C@@H]2C[C@@]2(C(=O)NS(=O)(=O)C2CC2)NC(=O)[C@@H]2C[C@@H](NC(=O)c3sc4ccccc4c3Cl)CN2C1=O)OC1CCCC1. The summed E-state index contributed by atoms with van der Waals surface area (Å²) in [6.45, 7) is -0.0420. The van der Waals surface area contributed by atoms with Gasteiger partial charge in [-0.25, -0.2) is 13.2 Å². The first-order valence-electron chi connectivity index (χ1n) is 18.3. The van der Waals surface area contributed by atoms with Crippen molar-refractivity contribution >= 4 is 72.8 Å². The summed E-state index contributed by atoms with van der Waals surface area (Å²) in [7, 11) is -3.90. The Balaban J connectivity index is 1.15. The minimum Gasteiger partial charge on any atom is -0.446 e. The number of benzene rings is 1. The zero-order valence-electron chi connectivity index (χ0n) is 28.7. The molecule has 3 heterocycles. The van der Waals surface area contributed by atoms with E-state index in [9.17, 15) is 32.4 Å². The number of carbonyl (C=O) groups is 5. The summed E-state index contributed by atoms with van der Waals surface area (Å²) < 4.78 is 34.2. The zero-order chi connectivity index (χ0) is 36.6. The van der Waals surface area contributed by atoms with E-state index in [1.807, 2.05) is 36.4 Å². The van der Waals surface area contributed by atoms with Gasteiger partial charge in [-0.3, -0.25) is 23.9 Å². The number of nitrogens with one attached hydrogen (secondary N) is 4. The number of ether oxygens (including phenoxy) is 1. The van der Waals surface area contributed by atoms with Crippen LogP contribution in [0.25, 0.3) is 10.1 Å². The fourth-order valence-electron chi connectivity index (χ4n) is 7.65. The maximum absolute atomic E-state index is 14.4. The topological polar surface area (TPSA) is 180 Å². The number of halogens is 1. The minimum atomic E-state index is -3.90. The highest BCUT2D eigenvalue weighted by atomic mass is 35.5. The summed E-state index contributed by atoms with van der Waals surface area (Å²) in [4.78, 5) is 70.6. The van der Waals surface area contributed by atoms with Crippen molar-refractivity contribution in [1.29, 1.82) is 0 Å². The van der Waals surface area contributed by atoms with Gasteiger partial charge in [0, 0.05) is 28.6 Å². The number of fused-ring (bicyclic) bond motifs is 3. The van der Waals surface area contributed by atoms with E-state index in [1.54, 1.807) is 0 Å². The number of nitrogens with zero attached hydrogens (tertiary/aromatic N) is 1. The van der Waals surface area contributed by atoms with Crippen LogP contribution in [0.15, 0.2) is 36.4 Å². The number of allylic oxidation sites excluding steroid dienone is 1. The Morgan fingerprint density at radius 1 is 0.981 bits per heavy atom. The molecule has 5 atom stereocenters. The number of thiophene rings is 1. The Morgan fingerprint density at radius 3 is 2.48 bits per heavy atom. The van der Waals surface area contributed by atoms with Crippen molar-refractivity contribution in [2.75, 3.05) is 6.54 Å². The smallest absolute Gasteiger partial charge is 0.408 e. The molecule has 0 unspecified atom stereocenters. The molecule has 2 aliphatic heterocycles.